The smallest absolute Gasteiger partial charge is 0.338 e. The quantitative estimate of drug-likeness (QED) is 0.300. The van der Waals surface area contributed by atoms with E-state index in [4.69, 9.17) is 18.9 Å². The molecule has 0 spiro atoms. The molecular formula is C22H19NO7. The number of esters is 1. The van der Waals surface area contributed by atoms with Crippen LogP contribution in [0.2, 0.25) is 0 Å². The predicted molar refractivity (Wildman–Crippen MR) is 108 cm³/mol. The lowest BCUT2D eigenvalue weighted by molar-refractivity contribution is -0.384. The molecule has 0 saturated heterocycles. The van der Waals surface area contributed by atoms with E-state index in [9.17, 15) is 14.9 Å². The summed E-state index contributed by atoms with van der Waals surface area (Å²) in [6, 6.07) is 17.6. The van der Waals surface area contributed by atoms with Gasteiger partial charge >= 0.3 is 5.97 Å². The number of methoxy groups -OCH3 is 2. The summed E-state index contributed by atoms with van der Waals surface area (Å²) in [6.45, 7) is 0.0463. The number of nitrogens with zero attached hydrogens (tertiary/aromatic N) is 1. The van der Waals surface area contributed by atoms with Gasteiger partial charge in [-0.3, -0.25) is 10.1 Å². The molecule has 0 atom stereocenters. The molecule has 0 aliphatic heterocycles. The van der Waals surface area contributed by atoms with Gasteiger partial charge in [0.05, 0.1) is 24.7 Å². The molecule has 0 fully saturated rings. The van der Waals surface area contributed by atoms with Crippen molar-refractivity contribution in [3.63, 3.8) is 0 Å². The van der Waals surface area contributed by atoms with Gasteiger partial charge in [-0.25, -0.2) is 4.79 Å². The highest BCUT2D eigenvalue weighted by Crippen LogP contribution is 2.28. The number of nitro groups is 1. The van der Waals surface area contributed by atoms with Crippen molar-refractivity contribution < 1.29 is 28.7 Å². The Kier molecular flexibility index (Phi) is 6.49. The number of non-ortho nitro benzene ring substituents is 1. The third-order valence-electron chi connectivity index (χ3n) is 4.17. The summed E-state index contributed by atoms with van der Waals surface area (Å²) >= 11 is 0. The molecule has 8 heteroatoms. The average Bonchev–Trinajstić information content (AvgIpc) is 2.77. The minimum Gasteiger partial charge on any atom is -0.493 e. The first-order valence-electron chi connectivity index (χ1n) is 8.90. The SMILES string of the molecule is COc1ccc(C(=O)OCc2cccc(Oc3ccc([N+](=O)[O-])cc3)c2)cc1OC. The van der Waals surface area contributed by atoms with Crippen LogP contribution in [0, 0.1) is 10.1 Å². The van der Waals surface area contributed by atoms with Crippen LogP contribution < -0.4 is 14.2 Å². The normalized spacial score (nSPS) is 10.2. The van der Waals surface area contributed by atoms with Crippen LogP contribution in [-0.2, 0) is 11.3 Å². The molecule has 0 bridgehead atoms. The molecule has 0 heterocycles. The number of carbonyl (C=O) groups excluding carboxylic acids is 1. The van der Waals surface area contributed by atoms with E-state index in [1.165, 1.54) is 38.5 Å². The van der Waals surface area contributed by atoms with E-state index in [1.807, 2.05) is 0 Å². The minimum atomic E-state index is -0.502. The van der Waals surface area contributed by atoms with Gasteiger partial charge in [0, 0.05) is 12.1 Å². The van der Waals surface area contributed by atoms with E-state index in [-0.39, 0.29) is 12.3 Å². The zero-order valence-corrected chi connectivity index (χ0v) is 16.4. The Morgan fingerprint density at radius 1 is 0.900 bits per heavy atom. The molecule has 0 unspecified atom stereocenters. The van der Waals surface area contributed by atoms with Crippen molar-refractivity contribution in [2.45, 2.75) is 6.61 Å². The number of nitro benzene ring substituents is 1. The summed E-state index contributed by atoms with van der Waals surface area (Å²) in [5.41, 5.74) is 1.05. The highest BCUT2D eigenvalue weighted by Gasteiger charge is 2.12. The molecule has 30 heavy (non-hydrogen) atoms. The Hall–Kier alpha value is -4.07. The summed E-state index contributed by atoms with van der Waals surface area (Å²) in [4.78, 5) is 22.6. The second-order valence-electron chi connectivity index (χ2n) is 6.15. The van der Waals surface area contributed by atoms with Crippen molar-refractivity contribution >= 4 is 11.7 Å². The fraction of sp³-hybridized carbons (Fsp3) is 0.136. The van der Waals surface area contributed by atoms with Crippen molar-refractivity contribution in [3.8, 4) is 23.0 Å². The monoisotopic (exact) mass is 409 g/mol. The second kappa shape index (κ2) is 9.42. The molecule has 0 saturated carbocycles. The molecule has 0 amide bonds. The zero-order valence-electron chi connectivity index (χ0n) is 16.4. The van der Waals surface area contributed by atoms with E-state index in [1.54, 1.807) is 42.5 Å². The highest BCUT2D eigenvalue weighted by molar-refractivity contribution is 5.90. The van der Waals surface area contributed by atoms with Crippen LogP contribution in [0.25, 0.3) is 0 Å². The van der Waals surface area contributed by atoms with Gasteiger partial charge in [0.1, 0.15) is 18.1 Å². The molecule has 0 radical (unpaired) electrons. The van der Waals surface area contributed by atoms with Gasteiger partial charge in [0.15, 0.2) is 11.5 Å². The van der Waals surface area contributed by atoms with Crippen molar-refractivity contribution in [1.82, 2.24) is 0 Å². The first-order valence-corrected chi connectivity index (χ1v) is 8.90. The topological polar surface area (TPSA) is 97.1 Å². The van der Waals surface area contributed by atoms with Crippen molar-refractivity contribution in [1.29, 1.82) is 0 Å². The first-order chi connectivity index (χ1) is 14.5. The summed E-state index contributed by atoms with van der Waals surface area (Å²) in [7, 11) is 3.00. The van der Waals surface area contributed by atoms with Crippen LogP contribution in [0.5, 0.6) is 23.0 Å². The summed E-state index contributed by atoms with van der Waals surface area (Å²) in [5.74, 6) is 1.43. The van der Waals surface area contributed by atoms with Crippen LogP contribution in [0.3, 0.4) is 0 Å². The van der Waals surface area contributed by atoms with E-state index >= 15 is 0 Å². The van der Waals surface area contributed by atoms with Gasteiger partial charge in [-0.15, -0.1) is 0 Å². The fourth-order valence-corrected chi connectivity index (χ4v) is 2.67. The first kappa shape index (κ1) is 20.7. The molecule has 8 nitrogen and oxygen atoms in total. The van der Waals surface area contributed by atoms with Gasteiger partial charge in [0.25, 0.3) is 5.69 Å². The lowest BCUT2D eigenvalue weighted by Gasteiger charge is -2.10. The average molecular weight is 409 g/mol. The van der Waals surface area contributed by atoms with Crippen LogP contribution in [0.4, 0.5) is 5.69 Å². The zero-order chi connectivity index (χ0) is 21.5. The molecule has 154 valence electrons. The largest absolute Gasteiger partial charge is 0.493 e. The number of ether oxygens (including phenoxy) is 4. The number of hydrogen-bond donors (Lipinski definition) is 0. The van der Waals surface area contributed by atoms with Gasteiger partial charge in [0.2, 0.25) is 0 Å². The fourth-order valence-electron chi connectivity index (χ4n) is 2.67. The van der Waals surface area contributed by atoms with Crippen LogP contribution in [0.15, 0.2) is 66.7 Å². The number of hydrogen-bond acceptors (Lipinski definition) is 7. The predicted octanol–water partition coefficient (Wildman–Crippen LogP) is 4.76. The molecule has 0 N–H and O–H groups in total. The molecule has 0 aliphatic carbocycles. The third kappa shape index (κ3) is 5.05. The maximum absolute atomic E-state index is 12.3. The van der Waals surface area contributed by atoms with E-state index < -0.39 is 10.9 Å². The molecule has 0 aromatic heterocycles. The molecule has 3 aromatic rings. The Labute approximate surface area is 172 Å². The lowest BCUT2D eigenvalue weighted by atomic mass is 10.2. The maximum atomic E-state index is 12.3. The number of benzene rings is 3. The van der Waals surface area contributed by atoms with Gasteiger partial charge < -0.3 is 18.9 Å². The second-order valence-corrected chi connectivity index (χ2v) is 6.15. The summed E-state index contributed by atoms with van der Waals surface area (Å²) in [5, 5.41) is 10.7. The molecule has 3 aromatic carbocycles. The third-order valence-corrected chi connectivity index (χ3v) is 4.17. The van der Waals surface area contributed by atoms with Gasteiger partial charge in [-0.05, 0) is 48.0 Å². The van der Waals surface area contributed by atoms with E-state index in [2.05, 4.69) is 0 Å². The van der Waals surface area contributed by atoms with Crippen molar-refractivity contribution in [2.24, 2.45) is 0 Å². The molecular weight excluding hydrogens is 390 g/mol. The van der Waals surface area contributed by atoms with Gasteiger partial charge in [-0.1, -0.05) is 12.1 Å². The number of carbonyl (C=O) groups is 1. The summed E-state index contributed by atoms with van der Waals surface area (Å²) in [6.07, 6.45) is 0. The summed E-state index contributed by atoms with van der Waals surface area (Å²) < 4.78 is 21.4. The van der Waals surface area contributed by atoms with Crippen molar-refractivity contribution in [3.05, 3.63) is 88.0 Å². The van der Waals surface area contributed by atoms with Gasteiger partial charge in [-0.2, -0.15) is 0 Å². The maximum Gasteiger partial charge on any atom is 0.338 e. The highest BCUT2D eigenvalue weighted by atomic mass is 16.6. The van der Waals surface area contributed by atoms with Crippen molar-refractivity contribution in [2.75, 3.05) is 14.2 Å². The van der Waals surface area contributed by atoms with E-state index in [0.29, 0.717) is 28.6 Å². The Morgan fingerprint density at radius 2 is 1.63 bits per heavy atom. The molecule has 3 rings (SSSR count). The van der Waals surface area contributed by atoms with Crippen LogP contribution in [0.1, 0.15) is 15.9 Å². The van der Waals surface area contributed by atoms with Crippen LogP contribution in [-0.4, -0.2) is 25.1 Å². The number of rotatable bonds is 8. The minimum absolute atomic E-state index is 0.0156. The van der Waals surface area contributed by atoms with E-state index in [0.717, 1.165) is 5.56 Å². The Balaban J connectivity index is 1.64. The molecule has 0 aliphatic rings. The lowest BCUT2D eigenvalue weighted by Crippen LogP contribution is -2.06. The Bertz CT molecular complexity index is 1050. The van der Waals surface area contributed by atoms with Crippen LogP contribution >= 0.6 is 0 Å². The standard InChI is InChI=1S/C22H19NO7/c1-27-20-11-6-16(13-21(20)28-2)22(24)29-14-15-4-3-5-19(12-15)30-18-9-7-17(8-10-18)23(25)26/h3-13H,14H2,1-2H3. The Morgan fingerprint density at radius 3 is 2.30 bits per heavy atom.